The van der Waals surface area contributed by atoms with Gasteiger partial charge in [0.2, 0.25) is 5.91 Å². The number of anilines is 1. The highest BCUT2D eigenvalue weighted by Gasteiger charge is 2.23. The molecule has 1 N–H and O–H groups in total. The van der Waals surface area contributed by atoms with E-state index < -0.39 is 0 Å². The predicted molar refractivity (Wildman–Crippen MR) is 138 cm³/mol. The standard InChI is InChI=1S/C27H31N5O3/c1-3-32-24-9-8-22(13-25(24)35-27(32)34)29-26(33)18-31-11-10-30(2)16-19(17-31)12-21-15-28-14-20-6-4-5-7-23(20)21/h4-9,13-15,19H,3,10-12,16-18H2,1-2H3,(H,29,33)/t19-/m0/s1. The van der Waals surface area contributed by atoms with E-state index in [1.165, 1.54) is 10.9 Å². The number of amides is 1. The maximum atomic E-state index is 12.9. The van der Waals surface area contributed by atoms with Crippen molar-refractivity contribution in [3.8, 4) is 0 Å². The minimum absolute atomic E-state index is 0.0725. The summed E-state index contributed by atoms with van der Waals surface area (Å²) in [6.45, 7) is 6.32. The molecule has 2 aromatic carbocycles. The first-order valence-electron chi connectivity index (χ1n) is 12.2. The van der Waals surface area contributed by atoms with Crippen molar-refractivity contribution >= 4 is 33.5 Å². The molecule has 1 fully saturated rings. The van der Waals surface area contributed by atoms with Crippen molar-refractivity contribution < 1.29 is 9.21 Å². The summed E-state index contributed by atoms with van der Waals surface area (Å²) in [5, 5.41) is 5.38. The highest BCUT2D eigenvalue weighted by molar-refractivity contribution is 5.94. The number of benzene rings is 2. The van der Waals surface area contributed by atoms with Crippen molar-refractivity contribution in [3.63, 3.8) is 0 Å². The second-order valence-electron chi connectivity index (χ2n) is 9.43. The topological polar surface area (TPSA) is 83.6 Å². The zero-order valence-electron chi connectivity index (χ0n) is 20.2. The van der Waals surface area contributed by atoms with Crippen LogP contribution in [0.1, 0.15) is 12.5 Å². The number of pyridine rings is 1. The van der Waals surface area contributed by atoms with Gasteiger partial charge in [-0.3, -0.25) is 19.2 Å². The maximum Gasteiger partial charge on any atom is 0.419 e. The Morgan fingerprint density at radius 3 is 2.86 bits per heavy atom. The number of likely N-dealkylation sites (N-methyl/N-ethyl adjacent to an activating group) is 1. The van der Waals surface area contributed by atoms with Gasteiger partial charge in [-0.1, -0.05) is 24.3 Å². The van der Waals surface area contributed by atoms with Gasteiger partial charge in [0, 0.05) is 62.3 Å². The van der Waals surface area contributed by atoms with Crippen molar-refractivity contribution in [1.29, 1.82) is 0 Å². The smallest absolute Gasteiger partial charge is 0.408 e. The molecule has 1 aliphatic heterocycles. The molecular weight excluding hydrogens is 442 g/mol. The Labute approximate surface area is 204 Å². The van der Waals surface area contributed by atoms with Gasteiger partial charge in [-0.15, -0.1) is 0 Å². The summed E-state index contributed by atoms with van der Waals surface area (Å²) in [5.74, 6) is -0.0637. The number of nitrogens with one attached hydrogen (secondary N) is 1. The van der Waals surface area contributed by atoms with E-state index >= 15 is 0 Å². The lowest BCUT2D eigenvalue weighted by molar-refractivity contribution is -0.117. The van der Waals surface area contributed by atoms with E-state index in [0.29, 0.717) is 30.3 Å². The fraction of sp³-hybridized carbons (Fsp3) is 0.370. The summed E-state index contributed by atoms with van der Waals surface area (Å²) in [4.78, 5) is 33.9. The zero-order valence-corrected chi connectivity index (χ0v) is 20.2. The molecule has 8 nitrogen and oxygen atoms in total. The second-order valence-corrected chi connectivity index (χ2v) is 9.43. The largest absolute Gasteiger partial charge is 0.419 e. The number of nitrogens with zero attached hydrogens (tertiary/aromatic N) is 4. The first-order chi connectivity index (χ1) is 17.0. The molecule has 8 heteroatoms. The molecular formula is C27H31N5O3. The van der Waals surface area contributed by atoms with Crippen LogP contribution < -0.4 is 11.1 Å². The van der Waals surface area contributed by atoms with Crippen LogP contribution >= 0.6 is 0 Å². The number of carbonyl (C=O) groups is 1. The van der Waals surface area contributed by atoms with Crippen molar-refractivity contribution in [3.05, 3.63) is 71.0 Å². The normalized spacial score (nSPS) is 17.6. The Morgan fingerprint density at radius 1 is 1.14 bits per heavy atom. The maximum absolute atomic E-state index is 12.9. The predicted octanol–water partition coefficient (Wildman–Crippen LogP) is 3.21. The highest BCUT2D eigenvalue weighted by atomic mass is 16.4. The Morgan fingerprint density at radius 2 is 2.00 bits per heavy atom. The van der Waals surface area contributed by atoms with Crippen molar-refractivity contribution in [2.24, 2.45) is 5.92 Å². The Hall–Kier alpha value is -3.49. The summed E-state index contributed by atoms with van der Waals surface area (Å²) >= 11 is 0. The van der Waals surface area contributed by atoms with Gasteiger partial charge in [0.25, 0.3) is 0 Å². The molecule has 182 valence electrons. The fourth-order valence-electron chi connectivity index (χ4n) is 5.13. The summed E-state index contributed by atoms with van der Waals surface area (Å²) < 4.78 is 6.90. The van der Waals surface area contributed by atoms with Gasteiger partial charge in [-0.05, 0) is 49.4 Å². The number of fused-ring (bicyclic) bond motifs is 2. The quantitative estimate of drug-likeness (QED) is 0.463. The van der Waals surface area contributed by atoms with Crippen molar-refractivity contribution in [2.45, 2.75) is 19.9 Å². The molecule has 1 saturated heterocycles. The lowest BCUT2D eigenvalue weighted by atomic mass is 9.96. The van der Waals surface area contributed by atoms with E-state index in [4.69, 9.17) is 4.42 Å². The van der Waals surface area contributed by atoms with E-state index in [1.54, 1.807) is 10.6 Å². The van der Waals surface area contributed by atoms with Crippen LogP contribution in [0.5, 0.6) is 0 Å². The Kier molecular flexibility index (Phi) is 6.66. The minimum atomic E-state index is -0.382. The van der Waals surface area contributed by atoms with Gasteiger partial charge < -0.3 is 14.6 Å². The van der Waals surface area contributed by atoms with Crippen LogP contribution in [0.25, 0.3) is 21.9 Å². The summed E-state index contributed by atoms with van der Waals surface area (Å²) in [5.41, 5.74) is 3.10. The van der Waals surface area contributed by atoms with Gasteiger partial charge in [-0.2, -0.15) is 0 Å². The third kappa shape index (κ3) is 5.13. The van der Waals surface area contributed by atoms with Gasteiger partial charge in [0.05, 0.1) is 12.1 Å². The average Bonchev–Trinajstić information content (AvgIpc) is 3.05. The lowest BCUT2D eigenvalue weighted by Crippen LogP contribution is -2.37. The molecule has 1 amide bonds. The summed E-state index contributed by atoms with van der Waals surface area (Å²) in [6.07, 6.45) is 4.81. The van der Waals surface area contributed by atoms with Crippen LogP contribution in [0.4, 0.5) is 5.69 Å². The van der Waals surface area contributed by atoms with Crippen LogP contribution in [0, 0.1) is 5.92 Å². The Bertz CT molecular complexity index is 1400. The van der Waals surface area contributed by atoms with Crippen LogP contribution in [-0.4, -0.2) is 65.0 Å². The first-order valence-corrected chi connectivity index (χ1v) is 12.2. The van der Waals surface area contributed by atoms with Gasteiger partial charge >= 0.3 is 5.76 Å². The van der Waals surface area contributed by atoms with Crippen molar-refractivity contribution in [2.75, 3.05) is 45.1 Å². The van der Waals surface area contributed by atoms with Crippen LogP contribution in [0.2, 0.25) is 0 Å². The molecule has 0 unspecified atom stereocenters. The summed E-state index contributed by atoms with van der Waals surface area (Å²) in [7, 11) is 2.14. The highest BCUT2D eigenvalue weighted by Crippen LogP contribution is 2.22. The van der Waals surface area contributed by atoms with E-state index in [2.05, 4.69) is 45.3 Å². The summed E-state index contributed by atoms with van der Waals surface area (Å²) in [6, 6.07) is 13.7. The molecule has 0 spiro atoms. The second kappa shape index (κ2) is 10.0. The first kappa shape index (κ1) is 23.3. The zero-order chi connectivity index (χ0) is 24.4. The molecule has 35 heavy (non-hydrogen) atoms. The van der Waals surface area contributed by atoms with Gasteiger partial charge in [-0.25, -0.2) is 4.79 Å². The number of aromatic nitrogens is 2. The minimum Gasteiger partial charge on any atom is -0.408 e. The molecule has 0 bridgehead atoms. The van der Waals surface area contributed by atoms with E-state index in [0.717, 1.165) is 43.5 Å². The van der Waals surface area contributed by atoms with Gasteiger partial charge in [0.1, 0.15) is 0 Å². The molecule has 0 saturated carbocycles. The van der Waals surface area contributed by atoms with E-state index in [1.807, 2.05) is 37.5 Å². The Balaban J connectivity index is 1.26. The fourth-order valence-corrected chi connectivity index (χ4v) is 5.13. The molecule has 5 rings (SSSR count). The van der Waals surface area contributed by atoms with Gasteiger partial charge in [0.15, 0.2) is 5.58 Å². The molecule has 2 aromatic heterocycles. The third-order valence-corrected chi connectivity index (χ3v) is 6.78. The number of carbonyl (C=O) groups excluding carboxylic acids is 1. The molecule has 1 atom stereocenters. The molecule has 3 heterocycles. The third-order valence-electron chi connectivity index (χ3n) is 6.78. The number of aryl methyl sites for hydroxylation is 1. The van der Waals surface area contributed by atoms with Crippen LogP contribution in [0.15, 0.2) is 64.1 Å². The number of hydrogen-bond donors (Lipinski definition) is 1. The molecule has 1 aliphatic rings. The average molecular weight is 474 g/mol. The van der Waals surface area contributed by atoms with Crippen LogP contribution in [-0.2, 0) is 17.8 Å². The number of oxazole rings is 1. The van der Waals surface area contributed by atoms with E-state index in [9.17, 15) is 9.59 Å². The number of hydrogen-bond acceptors (Lipinski definition) is 6. The molecule has 0 radical (unpaired) electrons. The van der Waals surface area contributed by atoms with Crippen molar-refractivity contribution in [1.82, 2.24) is 19.4 Å². The SMILES string of the molecule is CCn1c(=O)oc2cc(NC(=O)CN3CCN(C)C[C@H](Cc4cncc5ccccc45)C3)ccc21. The monoisotopic (exact) mass is 473 g/mol. The lowest BCUT2D eigenvalue weighted by Gasteiger charge is -2.24. The molecule has 4 aromatic rings. The van der Waals surface area contributed by atoms with E-state index in [-0.39, 0.29) is 11.7 Å². The van der Waals surface area contributed by atoms with Crippen LogP contribution in [0.3, 0.4) is 0 Å². The molecule has 0 aliphatic carbocycles. The number of rotatable bonds is 6.